The largest absolute Gasteiger partial charge is 0.478 e. The SMILES string of the molecule is CCCCC(CC)Cc1cc(C(=O)O)c(C(=O)O)c(CC(CC)CCCC)c1C(=O)O. The molecule has 0 heterocycles. The predicted molar refractivity (Wildman–Crippen MR) is 121 cm³/mol. The molecule has 0 aliphatic carbocycles. The fraction of sp³-hybridized carbons (Fsp3) is 0.640. The van der Waals surface area contributed by atoms with E-state index in [0.717, 1.165) is 51.4 Å². The molecule has 3 N–H and O–H groups in total. The highest BCUT2D eigenvalue weighted by atomic mass is 16.4. The molecule has 0 aliphatic rings. The predicted octanol–water partition coefficient (Wildman–Crippen LogP) is 6.30. The Morgan fingerprint density at radius 2 is 1.23 bits per heavy atom. The van der Waals surface area contributed by atoms with Crippen molar-refractivity contribution in [1.29, 1.82) is 0 Å². The average molecular weight is 435 g/mol. The van der Waals surface area contributed by atoms with Crippen LogP contribution < -0.4 is 0 Å². The summed E-state index contributed by atoms with van der Waals surface area (Å²) >= 11 is 0. The van der Waals surface area contributed by atoms with Gasteiger partial charge in [-0.05, 0) is 41.9 Å². The zero-order valence-electron chi connectivity index (χ0n) is 19.4. The van der Waals surface area contributed by atoms with Crippen molar-refractivity contribution in [3.05, 3.63) is 33.9 Å². The molecule has 6 heteroatoms. The second kappa shape index (κ2) is 13.1. The van der Waals surface area contributed by atoms with E-state index in [9.17, 15) is 29.7 Å². The molecule has 0 aromatic heterocycles. The molecule has 0 bridgehead atoms. The van der Waals surface area contributed by atoms with Gasteiger partial charge in [0, 0.05) is 0 Å². The van der Waals surface area contributed by atoms with Crippen molar-refractivity contribution < 1.29 is 29.7 Å². The third kappa shape index (κ3) is 7.37. The summed E-state index contributed by atoms with van der Waals surface area (Å²) in [6.45, 7) is 8.21. The van der Waals surface area contributed by atoms with Gasteiger partial charge < -0.3 is 15.3 Å². The van der Waals surface area contributed by atoms with Gasteiger partial charge in [-0.15, -0.1) is 0 Å². The first-order valence-electron chi connectivity index (χ1n) is 11.6. The molecule has 2 atom stereocenters. The Kier molecular flexibility index (Phi) is 11.3. The smallest absolute Gasteiger partial charge is 0.336 e. The summed E-state index contributed by atoms with van der Waals surface area (Å²) in [5, 5.41) is 29.7. The fourth-order valence-corrected chi connectivity index (χ4v) is 4.33. The Balaban J connectivity index is 3.70. The first kappa shape index (κ1) is 26.7. The minimum absolute atomic E-state index is 0.00713. The van der Waals surface area contributed by atoms with Gasteiger partial charge in [0.1, 0.15) is 0 Å². The molecule has 0 spiro atoms. The zero-order valence-corrected chi connectivity index (χ0v) is 19.4. The van der Waals surface area contributed by atoms with Crippen molar-refractivity contribution >= 4 is 17.9 Å². The summed E-state index contributed by atoms with van der Waals surface area (Å²) in [5.41, 5.74) is -0.0721. The van der Waals surface area contributed by atoms with Crippen molar-refractivity contribution in [1.82, 2.24) is 0 Å². The molecule has 1 aromatic rings. The summed E-state index contributed by atoms with van der Waals surface area (Å²) in [4.78, 5) is 36.4. The van der Waals surface area contributed by atoms with Gasteiger partial charge in [0.15, 0.2) is 0 Å². The van der Waals surface area contributed by atoms with Crippen LogP contribution in [-0.4, -0.2) is 33.2 Å². The van der Waals surface area contributed by atoms with Crippen LogP contribution in [0.2, 0.25) is 0 Å². The summed E-state index contributed by atoms with van der Waals surface area (Å²) in [7, 11) is 0. The molecule has 1 aromatic carbocycles. The van der Waals surface area contributed by atoms with Gasteiger partial charge in [0.25, 0.3) is 0 Å². The van der Waals surface area contributed by atoms with Crippen molar-refractivity contribution in [3.63, 3.8) is 0 Å². The van der Waals surface area contributed by atoms with Crippen molar-refractivity contribution in [3.8, 4) is 0 Å². The van der Waals surface area contributed by atoms with E-state index in [1.165, 1.54) is 6.07 Å². The molecule has 31 heavy (non-hydrogen) atoms. The molecule has 6 nitrogen and oxygen atoms in total. The Morgan fingerprint density at radius 1 is 0.742 bits per heavy atom. The lowest BCUT2D eigenvalue weighted by molar-refractivity contribution is 0.0646. The van der Waals surface area contributed by atoms with E-state index in [2.05, 4.69) is 13.8 Å². The monoisotopic (exact) mass is 434 g/mol. The van der Waals surface area contributed by atoms with Crippen LogP contribution in [0.5, 0.6) is 0 Å². The van der Waals surface area contributed by atoms with E-state index in [-0.39, 0.29) is 40.5 Å². The quantitative estimate of drug-likeness (QED) is 0.299. The Bertz CT molecular complexity index is 768. The number of rotatable bonds is 15. The van der Waals surface area contributed by atoms with Crippen LogP contribution in [0.3, 0.4) is 0 Å². The molecule has 0 aliphatic heterocycles. The maximum atomic E-state index is 12.3. The van der Waals surface area contributed by atoms with Crippen LogP contribution in [-0.2, 0) is 12.8 Å². The highest BCUT2D eigenvalue weighted by Crippen LogP contribution is 2.32. The highest BCUT2D eigenvalue weighted by molar-refractivity contribution is 6.06. The van der Waals surface area contributed by atoms with E-state index in [4.69, 9.17) is 0 Å². The third-order valence-corrected chi connectivity index (χ3v) is 6.26. The van der Waals surface area contributed by atoms with Gasteiger partial charge in [0.05, 0.1) is 16.7 Å². The Labute approximate surface area is 185 Å². The van der Waals surface area contributed by atoms with E-state index in [0.29, 0.717) is 12.0 Å². The first-order valence-corrected chi connectivity index (χ1v) is 11.6. The van der Waals surface area contributed by atoms with E-state index >= 15 is 0 Å². The van der Waals surface area contributed by atoms with Crippen LogP contribution in [0, 0.1) is 11.8 Å². The van der Waals surface area contributed by atoms with Crippen molar-refractivity contribution in [2.75, 3.05) is 0 Å². The molecule has 0 saturated heterocycles. The molecule has 0 fully saturated rings. The lowest BCUT2D eigenvalue weighted by Gasteiger charge is -2.23. The van der Waals surface area contributed by atoms with E-state index in [1.807, 2.05) is 13.8 Å². The Morgan fingerprint density at radius 3 is 1.61 bits per heavy atom. The third-order valence-electron chi connectivity index (χ3n) is 6.26. The molecule has 2 unspecified atom stereocenters. The van der Waals surface area contributed by atoms with Gasteiger partial charge in [-0.2, -0.15) is 0 Å². The molecular weight excluding hydrogens is 396 g/mol. The first-order chi connectivity index (χ1) is 14.7. The van der Waals surface area contributed by atoms with Crippen molar-refractivity contribution in [2.24, 2.45) is 11.8 Å². The van der Waals surface area contributed by atoms with Gasteiger partial charge in [-0.1, -0.05) is 79.1 Å². The van der Waals surface area contributed by atoms with Crippen LogP contribution in [0.1, 0.15) is 121 Å². The highest BCUT2D eigenvalue weighted by Gasteiger charge is 2.30. The normalized spacial score (nSPS) is 13.0. The number of carboxylic acids is 3. The number of carboxylic acid groups (broad SMARTS) is 3. The van der Waals surface area contributed by atoms with Crippen LogP contribution >= 0.6 is 0 Å². The number of hydrogen-bond donors (Lipinski definition) is 3. The molecule has 1 rings (SSSR count). The lowest BCUT2D eigenvalue weighted by atomic mass is 9.81. The second-order valence-electron chi connectivity index (χ2n) is 8.47. The average Bonchev–Trinajstić information content (AvgIpc) is 2.72. The number of aromatic carboxylic acids is 3. The summed E-state index contributed by atoms with van der Waals surface area (Å²) < 4.78 is 0. The maximum Gasteiger partial charge on any atom is 0.336 e. The van der Waals surface area contributed by atoms with Gasteiger partial charge in [-0.25, -0.2) is 14.4 Å². The minimum atomic E-state index is -1.38. The van der Waals surface area contributed by atoms with Gasteiger partial charge in [-0.3, -0.25) is 0 Å². The van der Waals surface area contributed by atoms with Crippen LogP contribution in [0.4, 0.5) is 0 Å². The van der Waals surface area contributed by atoms with Gasteiger partial charge in [0.2, 0.25) is 0 Å². The number of carbonyl (C=O) groups is 3. The number of benzene rings is 1. The standard InChI is InChI=1S/C25H38O6/c1-5-9-11-16(7-3)13-18-15-20(23(26)27)22(25(30)31)19(21(18)24(28)29)14-17(8-4)12-10-6-2/h15-17H,5-14H2,1-4H3,(H,26,27)(H,28,29)(H,30,31). The summed E-state index contributed by atoms with van der Waals surface area (Å²) in [5.74, 6) is -3.56. The topological polar surface area (TPSA) is 112 Å². The zero-order chi connectivity index (χ0) is 23.6. The van der Waals surface area contributed by atoms with Crippen LogP contribution in [0.15, 0.2) is 6.07 Å². The summed E-state index contributed by atoms with van der Waals surface area (Å²) in [6.07, 6.45) is 8.11. The molecule has 0 amide bonds. The van der Waals surface area contributed by atoms with Gasteiger partial charge >= 0.3 is 17.9 Å². The van der Waals surface area contributed by atoms with E-state index in [1.54, 1.807) is 0 Å². The minimum Gasteiger partial charge on any atom is -0.478 e. The molecular formula is C25H38O6. The molecule has 0 saturated carbocycles. The fourth-order valence-electron chi connectivity index (χ4n) is 4.33. The van der Waals surface area contributed by atoms with Crippen molar-refractivity contribution in [2.45, 2.75) is 91.9 Å². The Hall–Kier alpha value is -2.37. The second-order valence-corrected chi connectivity index (χ2v) is 8.47. The van der Waals surface area contributed by atoms with E-state index < -0.39 is 17.9 Å². The number of unbranched alkanes of at least 4 members (excludes halogenated alkanes) is 2. The maximum absolute atomic E-state index is 12.3. The van der Waals surface area contributed by atoms with Crippen LogP contribution in [0.25, 0.3) is 0 Å². The summed E-state index contributed by atoms with van der Waals surface area (Å²) in [6, 6.07) is 1.29. The molecule has 174 valence electrons. The number of hydrogen-bond acceptors (Lipinski definition) is 3. The molecule has 0 radical (unpaired) electrons. The lowest BCUT2D eigenvalue weighted by Crippen LogP contribution is -2.21.